The number of aryl methyl sites for hydroxylation is 1. The Balaban J connectivity index is 3.00. The van der Waals surface area contributed by atoms with E-state index in [4.69, 9.17) is 0 Å². The first-order chi connectivity index (χ1) is 7.70. The molecular weight excluding hydrogens is 192 g/mol. The van der Waals surface area contributed by atoms with Crippen molar-refractivity contribution in [2.75, 3.05) is 0 Å². The van der Waals surface area contributed by atoms with E-state index in [0.29, 0.717) is 0 Å². The maximum Gasteiger partial charge on any atom is -0.00947 e. The van der Waals surface area contributed by atoms with Crippen LogP contribution in [0.3, 0.4) is 0 Å². The summed E-state index contributed by atoms with van der Waals surface area (Å²) in [6.45, 7) is 8.83. The summed E-state index contributed by atoms with van der Waals surface area (Å²) in [5, 5.41) is 0. The topological polar surface area (TPSA) is 0 Å². The van der Waals surface area contributed by atoms with E-state index in [2.05, 4.69) is 52.0 Å². The van der Waals surface area contributed by atoms with Crippen LogP contribution in [0.4, 0.5) is 0 Å². The van der Waals surface area contributed by atoms with E-state index in [9.17, 15) is 0 Å². The third-order valence-electron chi connectivity index (χ3n) is 3.32. The van der Waals surface area contributed by atoms with Crippen LogP contribution in [0.2, 0.25) is 0 Å². The van der Waals surface area contributed by atoms with Crippen molar-refractivity contribution >= 4 is 0 Å². The minimum atomic E-state index is 1.08. The van der Waals surface area contributed by atoms with Crippen LogP contribution in [0, 0.1) is 13.8 Å². The van der Waals surface area contributed by atoms with Gasteiger partial charge in [-0.15, -0.1) is 0 Å². The van der Waals surface area contributed by atoms with Crippen molar-refractivity contribution in [2.24, 2.45) is 0 Å². The van der Waals surface area contributed by atoms with Crippen LogP contribution in [0.25, 0.3) is 0 Å². The normalized spacial score (nSPS) is 11.2. The van der Waals surface area contributed by atoms with Crippen LogP contribution in [-0.2, 0) is 12.8 Å². The molecule has 0 aliphatic heterocycles. The van der Waals surface area contributed by atoms with Crippen molar-refractivity contribution in [3.05, 3.63) is 46.5 Å². The second-order valence-electron chi connectivity index (χ2n) is 4.52. The van der Waals surface area contributed by atoms with E-state index < -0.39 is 0 Å². The Kier molecular flexibility index (Phi) is 5.31. The van der Waals surface area contributed by atoms with E-state index >= 15 is 0 Å². The van der Waals surface area contributed by atoms with Gasteiger partial charge in [-0.2, -0.15) is 0 Å². The molecule has 0 aliphatic carbocycles. The fourth-order valence-corrected chi connectivity index (χ4v) is 2.07. The van der Waals surface area contributed by atoms with E-state index in [1.54, 1.807) is 5.56 Å². The predicted octanol–water partition coefficient (Wildman–Crippen LogP) is 4.76. The smallest absolute Gasteiger partial charge is 0.00947 e. The number of unbranched alkanes of at least 4 members (excludes halogenated alkanes) is 1. The van der Waals surface area contributed by atoms with E-state index in [1.165, 1.54) is 36.0 Å². The average Bonchev–Trinajstić information content (AvgIpc) is 2.29. The number of rotatable bonds is 5. The number of hydrogen-bond acceptors (Lipinski definition) is 0. The molecule has 0 atom stereocenters. The van der Waals surface area contributed by atoms with Gasteiger partial charge >= 0.3 is 0 Å². The molecule has 1 rings (SSSR count). The first-order valence-electron chi connectivity index (χ1n) is 6.39. The van der Waals surface area contributed by atoms with Gasteiger partial charge in [-0.3, -0.25) is 0 Å². The largest absolute Gasteiger partial charge is 0.0913 e. The van der Waals surface area contributed by atoms with E-state index in [-0.39, 0.29) is 0 Å². The molecule has 16 heavy (non-hydrogen) atoms. The van der Waals surface area contributed by atoms with Gasteiger partial charge in [-0.1, -0.05) is 37.6 Å². The Hall–Kier alpha value is -1.04. The average molecular weight is 216 g/mol. The predicted molar refractivity (Wildman–Crippen MR) is 73.0 cm³/mol. The van der Waals surface area contributed by atoms with Crippen LogP contribution >= 0.6 is 0 Å². The quantitative estimate of drug-likeness (QED) is 0.622. The van der Waals surface area contributed by atoms with Gasteiger partial charge in [0.1, 0.15) is 0 Å². The lowest BCUT2D eigenvalue weighted by atomic mass is 9.92. The van der Waals surface area contributed by atoms with Gasteiger partial charge in [0.15, 0.2) is 0 Å². The van der Waals surface area contributed by atoms with Gasteiger partial charge in [0.2, 0.25) is 0 Å². The fraction of sp³-hybridized carbons (Fsp3) is 0.500. The highest BCUT2D eigenvalue weighted by atomic mass is 14.1. The standard InChI is InChI=1S/C16H24/c1-5-7-9-15-12-11-13(3)14(4)16(15)10-8-6-2/h5,7,11-12H,6,8-10H2,1-4H3. The highest BCUT2D eigenvalue weighted by Crippen LogP contribution is 2.21. The molecule has 0 saturated heterocycles. The molecule has 88 valence electrons. The Morgan fingerprint density at radius 2 is 1.94 bits per heavy atom. The van der Waals surface area contributed by atoms with Gasteiger partial charge < -0.3 is 0 Å². The second kappa shape index (κ2) is 6.52. The molecule has 0 bridgehead atoms. The van der Waals surface area contributed by atoms with Crippen molar-refractivity contribution in [3.8, 4) is 0 Å². The molecule has 0 radical (unpaired) electrons. The van der Waals surface area contributed by atoms with Gasteiger partial charge in [0, 0.05) is 0 Å². The van der Waals surface area contributed by atoms with Gasteiger partial charge in [-0.05, 0) is 62.3 Å². The van der Waals surface area contributed by atoms with Crippen LogP contribution in [0.1, 0.15) is 48.9 Å². The molecule has 0 unspecified atom stereocenters. The minimum Gasteiger partial charge on any atom is -0.0913 e. The summed E-state index contributed by atoms with van der Waals surface area (Å²) in [4.78, 5) is 0. The SMILES string of the molecule is CC=CCc1ccc(C)c(C)c1CCCC. The summed E-state index contributed by atoms with van der Waals surface area (Å²) in [5.74, 6) is 0. The van der Waals surface area contributed by atoms with Gasteiger partial charge in [0.05, 0.1) is 0 Å². The molecule has 0 heteroatoms. The third-order valence-corrected chi connectivity index (χ3v) is 3.32. The molecule has 0 saturated carbocycles. The monoisotopic (exact) mass is 216 g/mol. The van der Waals surface area contributed by atoms with Crippen molar-refractivity contribution in [2.45, 2.75) is 53.4 Å². The molecule has 0 aliphatic rings. The summed E-state index contributed by atoms with van der Waals surface area (Å²) in [6.07, 6.45) is 9.27. The lowest BCUT2D eigenvalue weighted by Crippen LogP contribution is -1.99. The summed E-state index contributed by atoms with van der Waals surface area (Å²) < 4.78 is 0. The highest BCUT2D eigenvalue weighted by Gasteiger charge is 2.06. The van der Waals surface area contributed by atoms with Crippen molar-refractivity contribution in [1.82, 2.24) is 0 Å². The Morgan fingerprint density at radius 3 is 2.56 bits per heavy atom. The first-order valence-corrected chi connectivity index (χ1v) is 6.39. The molecule has 0 spiro atoms. The number of hydrogen-bond donors (Lipinski definition) is 0. The van der Waals surface area contributed by atoms with Crippen molar-refractivity contribution in [3.63, 3.8) is 0 Å². The molecule has 0 heterocycles. The maximum atomic E-state index is 2.30. The Morgan fingerprint density at radius 1 is 1.19 bits per heavy atom. The van der Waals surface area contributed by atoms with Crippen molar-refractivity contribution in [1.29, 1.82) is 0 Å². The fourth-order valence-electron chi connectivity index (χ4n) is 2.07. The van der Waals surface area contributed by atoms with Gasteiger partial charge in [-0.25, -0.2) is 0 Å². The third kappa shape index (κ3) is 3.23. The summed E-state index contributed by atoms with van der Waals surface area (Å²) in [5.41, 5.74) is 6.01. The number of allylic oxidation sites excluding steroid dienone is 2. The Bertz CT molecular complexity index is 359. The Labute approximate surface area is 100 Å². The van der Waals surface area contributed by atoms with Crippen LogP contribution in [-0.4, -0.2) is 0 Å². The van der Waals surface area contributed by atoms with E-state index in [1.807, 2.05) is 0 Å². The minimum absolute atomic E-state index is 1.08. The summed E-state index contributed by atoms with van der Waals surface area (Å²) in [6, 6.07) is 4.55. The first kappa shape index (κ1) is 13.0. The molecule has 0 nitrogen and oxygen atoms in total. The second-order valence-corrected chi connectivity index (χ2v) is 4.52. The van der Waals surface area contributed by atoms with Crippen LogP contribution < -0.4 is 0 Å². The van der Waals surface area contributed by atoms with Crippen LogP contribution in [0.5, 0.6) is 0 Å². The van der Waals surface area contributed by atoms with Crippen molar-refractivity contribution < 1.29 is 0 Å². The zero-order chi connectivity index (χ0) is 12.0. The molecule has 1 aromatic rings. The van der Waals surface area contributed by atoms with Gasteiger partial charge in [0.25, 0.3) is 0 Å². The molecule has 0 aromatic heterocycles. The summed E-state index contributed by atoms with van der Waals surface area (Å²) >= 11 is 0. The lowest BCUT2D eigenvalue weighted by Gasteiger charge is -2.13. The number of benzene rings is 1. The maximum absolute atomic E-state index is 2.30. The van der Waals surface area contributed by atoms with E-state index in [0.717, 1.165) is 6.42 Å². The highest BCUT2D eigenvalue weighted by molar-refractivity contribution is 5.40. The molecule has 0 fully saturated rings. The summed E-state index contributed by atoms with van der Waals surface area (Å²) in [7, 11) is 0. The zero-order valence-electron chi connectivity index (χ0n) is 11.1. The van der Waals surface area contributed by atoms with Crippen LogP contribution in [0.15, 0.2) is 24.3 Å². The molecule has 0 amide bonds. The lowest BCUT2D eigenvalue weighted by molar-refractivity contribution is 0.784. The molecule has 1 aromatic carbocycles. The molecular formula is C16H24. The zero-order valence-corrected chi connectivity index (χ0v) is 11.1. The molecule has 0 N–H and O–H groups in total.